The quantitative estimate of drug-likeness (QED) is 0.744. The maximum absolute atomic E-state index is 13.0. The van der Waals surface area contributed by atoms with Gasteiger partial charge in [0.25, 0.3) is 0 Å². The van der Waals surface area contributed by atoms with Crippen LogP contribution < -0.4 is 10.6 Å². The van der Waals surface area contributed by atoms with Crippen molar-refractivity contribution in [3.63, 3.8) is 0 Å². The van der Waals surface area contributed by atoms with Crippen LogP contribution in [0.1, 0.15) is 31.4 Å². The first kappa shape index (κ1) is 13.6. The van der Waals surface area contributed by atoms with Gasteiger partial charge in [-0.05, 0) is 44.6 Å². The van der Waals surface area contributed by atoms with Crippen LogP contribution in [0.15, 0.2) is 24.3 Å². The van der Waals surface area contributed by atoms with Crippen molar-refractivity contribution in [2.45, 2.75) is 25.8 Å². The normalized spacial score (nSPS) is 12.2. The number of rotatable bonds is 6. The van der Waals surface area contributed by atoms with Gasteiger partial charge >= 0.3 is 0 Å². The van der Waals surface area contributed by atoms with E-state index in [2.05, 4.69) is 10.6 Å². The molecule has 1 aromatic rings. The van der Waals surface area contributed by atoms with Gasteiger partial charge < -0.3 is 10.6 Å². The molecule has 0 spiro atoms. The lowest BCUT2D eigenvalue weighted by molar-refractivity contribution is -0.121. The highest BCUT2D eigenvalue weighted by Gasteiger charge is 2.09. The van der Waals surface area contributed by atoms with E-state index in [1.807, 2.05) is 20.0 Å². The van der Waals surface area contributed by atoms with E-state index in [4.69, 9.17) is 0 Å². The molecule has 0 saturated heterocycles. The maximum Gasteiger partial charge on any atom is 0.220 e. The fourth-order valence-electron chi connectivity index (χ4n) is 1.60. The van der Waals surface area contributed by atoms with E-state index in [9.17, 15) is 9.18 Å². The van der Waals surface area contributed by atoms with E-state index in [0.29, 0.717) is 6.42 Å². The molecule has 0 heterocycles. The average Bonchev–Trinajstić information content (AvgIpc) is 2.29. The molecule has 1 rings (SSSR count). The molecule has 0 bridgehead atoms. The fourth-order valence-corrected chi connectivity index (χ4v) is 1.60. The zero-order valence-corrected chi connectivity index (χ0v) is 10.3. The van der Waals surface area contributed by atoms with Crippen molar-refractivity contribution in [2.75, 3.05) is 13.6 Å². The summed E-state index contributed by atoms with van der Waals surface area (Å²) in [5, 5.41) is 5.83. The first-order valence-corrected chi connectivity index (χ1v) is 5.83. The van der Waals surface area contributed by atoms with Gasteiger partial charge in [0, 0.05) is 6.42 Å². The zero-order chi connectivity index (χ0) is 12.7. The lowest BCUT2D eigenvalue weighted by Crippen LogP contribution is -2.27. The van der Waals surface area contributed by atoms with Crippen molar-refractivity contribution in [2.24, 2.45) is 0 Å². The second kappa shape index (κ2) is 7.01. The molecule has 0 aromatic heterocycles. The van der Waals surface area contributed by atoms with E-state index < -0.39 is 0 Å². The molecule has 0 aliphatic carbocycles. The van der Waals surface area contributed by atoms with Gasteiger partial charge in [0.15, 0.2) is 0 Å². The molecule has 1 atom stereocenters. The number of amides is 1. The second-order valence-electron chi connectivity index (χ2n) is 4.05. The lowest BCUT2D eigenvalue weighted by Gasteiger charge is -2.14. The van der Waals surface area contributed by atoms with Crippen LogP contribution in [0.5, 0.6) is 0 Å². The minimum atomic E-state index is -0.279. The summed E-state index contributed by atoms with van der Waals surface area (Å²) in [4.78, 5) is 11.6. The van der Waals surface area contributed by atoms with Crippen LogP contribution >= 0.6 is 0 Å². The van der Waals surface area contributed by atoms with Crippen molar-refractivity contribution in [1.82, 2.24) is 10.6 Å². The number of halogens is 1. The third-order valence-corrected chi connectivity index (χ3v) is 2.56. The van der Waals surface area contributed by atoms with Gasteiger partial charge in [-0.2, -0.15) is 0 Å². The first-order chi connectivity index (χ1) is 8.13. The van der Waals surface area contributed by atoms with Crippen LogP contribution in [0, 0.1) is 5.82 Å². The number of nitrogens with one attached hydrogen (secondary N) is 2. The largest absolute Gasteiger partial charge is 0.350 e. The van der Waals surface area contributed by atoms with Crippen LogP contribution in [-0.4, -0.2) is 19.5 Å². The van der Waals surface area contributed by atoms with E-state index >= 15 is 0 Å². The molecule has 0 aliphatic heterocycles. The van der Waals surface area contributed by atoms with Gasteiger partial charge in [0.2, 0.25) is 5.91 Å². The maximum atomic E-state index is 13.0. The molecule has 4 heteroatoms. The van der Waals surface area contributed by atoms with Gasteiger partial charge in [-0.1, -0.05) is 12.1 Å². The molecular weight excluding hydrogens is 219 g/mol. The average molecular weight is 238 g/mol. The molecule has 0 unspecified atom stereocenters. The van der Waals surface area contributed by atoms with Crippen molar-refractivity contribution in [1.29, 1.82) is 0 Å². The number of hydrogen-bond donors (Lipinski definition) is 2. The first-order valence-electron chi connectivity index (χ1n) is 5.83. The van der Waals surface area contributed by atoms with E-state index in [0.717, 1.165) is 18.5 Å². The summed E-state index contributed by atoms with van der Waals surface area (Å²) in [6, 6.07) is 6.13. The van der Waals surface area contributed by atoms with Crippen LogP contribution in [0.25, 0.3) is 0 Å². The van der Waals surface area contributed by atoms with Crippen LogP contribution in [0.3, 0.4) is 0 Å². The predicted octanol–water partition coefficient (Wildman–Crippen LogP) is 2.00. The fraction of sp³-hybridized carbons (Fsp3) is 0.462. The molecule has 0 radical (unpaired) electrons. The summed E-state index contributed by atoms with van der Waals surface area (Å²) in [6.07, 6.45) is 1.29. The Bertz CT molecular complexity index is 368. The van der Waals surface area contributed by atoms with Gasteiger partial charge in [0.1, 0.15) is 5.82 Å². The molecular formula is C13H19FN2O. The van der Waals surface area contributed by atoms with Crippen molar-refractivity contribution < 1.29 is 9.18 Å². The molecule has 1 aromatic carbocycles. The van der Waals surface area contributed by atoms with Gasteiger partial charge in [0.05, 0.1) is 6.04 Å². The minimum absolute atomic E-state index is 0.00277. The Kier molecular flexibility index (Phi) is 5.63. The van der Waals surface area contributed by atoms with Crippen molar-refractivity contribution >= 4 is 5.91 Å². The molecule has 1 amide bonds. The Morgan fingerprint density at radius 3 is 2.88 bits per heavy atom. The monoisotopic (exact) mass is 238 g/mol. The Balaban J connectivity index is 2.43. The van der Waals surface area contributed by atoms with E-state index in [1.165, 1.54) is 12.1 Å². The van der Waals surface area contributed by atoms with Gasteiger partial charge in [-0.15, -0.1) is 0 Å². The van der Waals surface area contributed by atoms with Crippen LogP contribution in [-0.2, 0) is 4.79 Å². The van der Waals surface area contributed by atoms with E-state index in [-0.39, 0.29) is 17.8 Å². The topological polar surface area (TPSA) is 41.1 Å². The van der Waals surface area contributed by atoms with Gasteiger partial charge in [-0.25, -0.2) is 4.39 Å². The second-order valence-corrected chi connectivity index (χ2v) is 4.05. The summed E-state index contributed by atoms with van der Waals surface area (Å²) in [7, 11) is 1.85. The Labute approximate surface area is 101 Å². The molecule has 0 aliphatic rings. The third kappa shape index (κ3) is 4.95. The number of carbonyl (C=O) groups excluding carboxylic acids is 1. The Morgan fingerprint density at radius 1 is 1.47 bits per heavy atom. The summed E-state index contributed by atoms with van der Waals surface area (Å²) >= 11 is 0. The van der Waals surface area contributed by atoms with Crippen LogP contribution in [0.4, 0.5) is 4.39 Å². The van der Waals surface area contributed by atoms with Crippen LogP contribution in [0.2, 0.25) is 0 Å². The number of hydrogen-bond acceptors (Lipinski definition) is 2. The molecule has 94 valence electrons. The third-order valence-electron chi connectivity index (χ3n) is 2.56. The highest BCUT2D eigenvalue weighted by molar-refractivity contribution is 5.76. The summed E-state index contributed by atoms with van der Waals surface area (Å²) in [6.45, 7) is 2.67. The lowest BCUT2D eigenvalue weighted by atomic mass is 10.1. The molecule has 0 saturated carbocycles. The number of benzene rings is 1. The molecule has 3 nitrogen and oxygen atoms in total. The zero-order valence-electron chi connectivity index (χ0n) is 10.3. The standard InChI is InChI=1S/C13H19FN2O/c1-10(11-5-3-6-12(14)9-11)16-13(17)7-4-8-15-2/h3,5-6,9-10,15H,4,7-8H2,1-2H3,(H,16,17)/t10-/m1/s1. The highest BCUT2D eigenvalue weighted by atomic mass is 19.1. The molecule has 0 fully saturated rings. The Hall–Kier alpha value is -1.42. The summed E-state index contributed by atoms with van der Waals surface area (Å²) < 4.78 is 13.0. The highest BCUT2D eigenvalue weighted by Crippen LogP contribution is 2.13. The number of carbonyl (C=O) groups is 1. The Morgan fingerprint density at radius 2 is 2.24 bits per heavy atom. The van der Waals surface area contributed by atoms with Crippen molar-refractivity contribution in [3.05, 3.63) is 35.6 Å². The van der Waals surface area contributed by atoms with E-state index in [1.54, 1.807) is 6.07 Å². The smallest absolute Gasteiger partial charge is 0.220 e. The SMILES string of the molecule is CNCCCC(=O)N[C@H](C)c1cccc(F)c1. The van der Waals surface area contributed by atoms with Crippen molar-refractivity contribution in [3.8, 4) is 0 Å². The molecule has 17 heavy (non-hydrogen) atoms. The summed E-state index contributed by atoms with van der Waals surface area (Å²) in [5.41, 5.74) is 0.784. The summed E-state index contributed by atoms with van der Waals surface area (Å²) in [5.74, 6) is -0.282. The van der Waals surface area contributed by atoms with Gasteiger partial charge in [-0.3, -0.25) is 4.79 Å². The predicted molar refractivity (Wildman–Crippen MR) is 66.1 cm³/mol. The minimum Gasteiger partial charge on any atom is -0.350 e. The molecule has 2 N–H and O–H groups in total.